The second-order valence-electron chi connectivity index (χ2n) is 4.13. The number of nitrogens with zero attached hydrogens (tertiary/aromatic N) is 1. The maximum Gasteiger partial charge on any atom is 0.246 e. The standard InChI is InChI=1S/C14H16N2O2/c1-18-13-6-4-11(5-7-13)9-16-8-2-3-12(10-16)14(15)17/h2,4-8,10H,3,9H2,1H3,(H2,15,17). The number of carbonyl (C=O) groups is 1. The van der Waals surface area contributed by atoms with E-state index in [0.29, 0.717) is 18.5 Å². The van der Waals surface area contributed by atoms with Crippen molar-refractivity contribution in [1.29, 1.82) is 0 Å². The molecule has 0 fully saturated rings. The van der Waals surface area contributed by atoms with E-state index in [1.54, 1.807) is 13.3 Å². The van der Waals surface area contributed by atoms with Crippen molar-refractivity contribution in [1.82, 2.24) is 4.90 Å². The molecule has 0 aromatic heterocycles. The van der Waals surface area contributed by atoms with Crippen LogP contribution in [-0.2, 0) is 11.3 Å². The summed E-state index contributed by atoms with van der Waals surface area (Å²) in [6, 6.07) is 7.83. The van der Waals surface area contributed by atoms with E-state index in [2.05, 4.69) is 0 Å². The van der Waals surface area contributed by atoms with E-state index in [-0.39, 0.29) is 5.91 Å². The summed E-state index contributed by atoms with van der Waals surface area (Å²) >= 11 is 0. The van der Waals surface area contributed by atoms with Gasteiger partial charge in [-0.05, 0) is 24.1 Å². The maximum atomic E-state index is 11.1. The van der Waals surface area contributed by atoms with Crippen molar-refractivity contribution in [3.63, 3.8) is 0 Å². The first-order valence-electron chi connectivity index (χ1n) is 5.75. The van der Waals surface area contributed by atoms with Crippen LogP contribution in [0.5, 0.6) is 5.75 Å². The Hall–Kier alpha value is -2.23. The van der Waals surface area contributed by atoms with Gasteiger partial charge in [0, 0.05) is 24.5 Å². The summed E-state index contributed by atoms with van der Waals surface area (Å²) in [6.07, 6.45) is 6.29. The van der Waals surface area contributed by atoms with Crippen LogP contribution in [0.2, 0.25) is 0 Å². The first-order valence-corrected chi connectivity index (χ1v) is 5.75. The average molecular weight is 244 g/mol. The third kappa shape index (κ3) is 2.91. The zero-order chi connectivity index (χ0) is 13.0. The van der Waals surface area contributed by atoms with Gasteiger partial charge < -0.3 is 15.4 Å². The summed E-state index contributed by atoms with van der Waals surface area (Å²) in [5.74, 6) is 0.473. The smallest absolute Gasteiger partial charge is 0.246 e. The van der Waals surface area contributed by atoms with Crippen molar-refractivity contribution >= 4 is 5.91 Å². The minimum absolute atomic E-state index is 0.362. The third-order valence-electron chi connectivity index (χ3n) is 2.80. The molecule has 1 aromatic carbocycles. The quantitative estimate of drug-likeness (QED) is 0.878. The molecule has 1 aliphatic heterocycles. The molecule has 0 bridgehead atoms. The van der Waals surface area contributed by atoms with Crippen LogP contribution in [0.25, 0.3) is 0 Å². The van der Waals surface area contributed by atoms with Crippen LogP contribution in [0.1, 0.15) is 12.0 Å². The number of ether oxygens (including phenoxy) is 1. The number of nitrogens with two attached hydrogens (primary N) is 1. The van der Waals surface area contributed by atoms with Crippen LogP contribution >= 0.6 is 0 Å². The van der Waals surface area contributed by atoms with Crippen LogP contribution in [0.3, 0.4) is 0 Å². The van der Waals surface area contributed by atoms with Crippen molar-refractivity contribution in [2.24, 2.45) is 5.73 Å². The van der Waals surface area contributed by atoms with E-state index in [1.807, 2.05) is 41.4 Å². The lowest BCUT2D eigenvalue weighted by Crippen LogP contribution is -2.20. The van der Waals surface area contributed by atoms with Gasteiger partial charge in [0.1, 0.15) is 5.75 Å². The molecule has 4 heteroatoms. The van der Waals surface area contributed by atoms with Gasteiger partial charge in [0.05, 0.1) is 7.11 Å². The highest BCUT2D eigenvalue weighted by molar-refractivity contribution is 5.92. The highest BCUT2D eigenvalue weighted by atomic mass is 16.5. The molecular weight excluding hydrogens is 228 g/mol. The number of rotatable bonds is 4. The number of amides is 1. The fourth-order valence-electron chi connectivity index (χ4n) is 1.82. The summed E-state index contributed by atoms with van der Waals surface area (Å²) in [6.45, 7) is 0.706. The van der Waals surface area contributed by atoms with Gasteiger partial charge in [0.2, 0.25) is 5.91 Å². The predicted octanol–water partition coefficient (Wildman–Crippen LogP) is 1.78. The normalized spacial score (nSPS) is 14.3. The van der Waals surface area contributed by atoms with E-state index >= 15 is 0 Å². The zero-order valence-electron chi connectivity index (χ0n) is 10.3. The fraction of sp³-hybridized carbons (Fsp3) is 0.214. The average Bonchev–Trinajstić information content (AvgIpc) is 2.40. The lowest BCUT2D eigenvalue weighted by atomic mass is 10.1. The highest BCUT2D eigenvalue weighted by Crippen LogP contribution is 2.17. The van der Waals surface area contributed by atoms with Crippen LogP contribution in [-0.4, -0.2) is 17.9 Å². The van der Waals surface area contributed by atoms with Gasteiger partial charge in [-0.2, -0.15) is 0 Å². The molecule has 4 nitrogen and oxygen atoms in total. The van der Waals surface area contributed by atoms with Gasteiger partial charge in [0.25, 0.3) is 0 Å². The molecule has 1 heterocycles. The molecule has 2 rings (SSSR count). The van der Waals surface area contributed by atoms with Crippen LogP contribution in [0, 0.1) is 0 Å². The van der Waals surface area contributed by atoms with Crippen molar-refractivity contribution < 1.29 is 9.53 Å². The minimum atomic E-state index is -0.362. The number of carbonyl (C=O) groups excluding carboxylic acids is 1. The molecule has 0 aliphatic carbocycles. The van der Waals surface area contributed by atoms with E-state index in [1.165, 1.54) is 0 Å². The molecule has 94 valence electrons. The molecule has 1 amide bonds. The summed E-state index contributed by atoms with van der Waals surface area (Å²) in [4.78, 5) is 13.1. The summed E-state index contributed by atoms with van der Waals surface area (Å²) in [5.41, 5.74) is 7.05. The van der Waals surface area contributed by atoms with Crippen molar-refractivity contribution in [3.8, 4) is 5.75 Å². The molecule has 0 unspecified atom stereocenters. The Morgan fingerprint density at radius 1 is 1.39 bits per heavy atom. The number of allylic oxidation sites excluding steroid dienone is 1. The van der Waals surface area contributed by atoms with E-state index in [9.17, 15) is 4.79 Å². The monoisotopic (exact) mass is 244 g/mol. The maximum absolute atomic E-state index is 11.1. The Balaban J connectivity index is 2.06. The van der Waals surface area contributed by atoms with Crippen LogP contribution in [0.15, 0.2) is 48.3 Å². The first kappa shape index (κ1) is 12.2. The van der Waals surface area contributed by atoms with Gasteiger partial charge in [0.15, 0.2) is 0 Å². The second-order valence-corrected chi connectivity index (χ2v) is 4.13. The SMILES string of the molecule is COc1ccc(CN2C=CCC(C(N)=O)=C2)cc1. The molecular formula is C14H16N2O2. The van der Waals surface area contributed by atoms with Crippen molar-refractivity contribution in [2.45, 2.75) is 13.0 Å². The second kappa shape index (κ2) is 5.40. The number of benzene rings is 1. The Morgan fingerprint density at radius 2 is 2.11 bits per heavy atom. The largest absolute Gasteiger partial charge is 0.497 e. The topological polar surface area (TPSA) is 55.6 Å². The summed E-state index contributed by atoms with van der Waals surface area (Å²) in [5, 5.41) is 0. The van der Waals surface area contributed by atoms with Gasteiger partial charge in [-0.3, -0.25) is 4.79 Å². The molecule has 0 atom stereocenters. The van der Waals surface area contributed by atoms with Gasteiger partial charge >= 0.3 is 0 Å². The molecule has 2 N–H and O–H groups in total. The van der Waals surface area contributed by atoms with Gasteiger partial charge in [-0.15, -0.1) is 0 Å². The molecule has 0 spiro atoms. The Labute approximate surface area is 106 Å². The van der Waals surface area contributed by atoms with Gasteiger partial charge in [-0.25, -0.2) is 0 Å². The van der Waals surface area contributed by atoms with Crippen LogP contribution in [0.4, 0.5) is 0 Å². The number of primary amides is 1. The minimum Gasteiger partial charge on any atom is -0.497 e. The Morgan fingerprint density at radius 3 is 2.72 bits per heavy atom. The van der Waals surface area contributed by atoms with Gasteiger partial charge in [-0.1, -0.05) is 18.2 Å². The molecule has 0 saturated carbocycles. The third-order valence-corrected chi connectivity index (χ3v) is 2.80. The fourth-order valence-corrected chi connectivity index (χ4v) is 1.82. The molecule has 0 saturated heterocycles. The lowest BCUT2D eigenvalue weighted by Gasteiger charge is -2.20. The van der Waals surface area contributed by atoms with Crippen LogP contribution < -0.4 is 10.5 Å². The Bertz CT molecular complexity index is 489. The predicted molar refractivity (Wildman–Crippen MR) is 69.6 cm³/mol. The van der Waals surface area contributed by atoms with E-state index in [4.69, 9.17) is 10.5 Å². The summed E-state index contributed by atoms with van der Waals surface area (Å²) < 4.78 is 5.11. The van der Waals surface area contributed by atoms with E-state index < -0.39 is 0 Å². The molecule has 0 radical (unpaired) electrons. The number of methoxy groups -OCH3 is 1. The molecule has 1 aromatic rings. The molecule has 1 aliphatic rings. The Kier molecular flexibility index (Phi) is 3.67. The van der Waals surface area contributed by atoms with Crippen molar-refractivity contribution in [3.05, 3.63) is 53.9 Å². The number of hydrogen-bond donors (Lipinski definition) is 1. The van der Waals surface area contributed by atoms with Crippen molar-refractivity contribution in [2.75, 3.05) is 7.11 Å². The number of hydrogen-bond acceptors (Lipinski definition) is 3. The summed E-state index contributed by atoms with van der Waals surface area (Å²) in [7, 11) is 1.64. The molecule has 18 heavy (non-hydrogen) atoms. The lowest BCUT2D eigenvalue weighted by molar-refractivity contribution is -0.114. The highest BCUT2D eigenvalue weighted by Gasteiger charge is 2.10. The van der Waals surface area contributed by atoms with E-state index in [0.717, 1.165) is 11.3 Å². The zero-order valence-corrected chi connectivity index (χ0v) is 10.3. The first-order chi connectivity index (χ1) is 8.69.